The van der Waals surface area contributed by atoms with Crippen molar-refractivity contribution in [2.45, 2.75) is 40.0 Å². The zero-order chi connectivity index (χ0) is 13.6. The van der Waals surface area contributed by atoms with Crippen molar-refractivity contribution in [3.8, 4) is 0 Å². The molecular formula is C14H27BrN2O. The molecule has 0 aromatic heterocycles. The first kappa shape index (κ1) is 16.0. The fraction of sp³-hybridized carbons (Fsp3) is 0.929. The maximum absolute atomic E-state index is 11.4. The van der Waals surface area contributed by atoms with E-state index in [9.17, 15) is 4.79 Å². The molecule has 1 aliphatic heterocycles. The third-order valence-corrected chi connectivity index (χ3v) is 5.57. The Hall–Kier alpha value is -0.0900. The largest absolute Gasteiger partial charge is 0.342 e. The average Bonchev–Trinajstić information content (AvgIpc) is 2.61. The van der Waals surface area contributed by atoms with Crippen LogP contribution in [0.5, 0.6) is 0 Å². The number of hydrogen-bond donors (Lipinski definition) is 0. The first-order valence-electron chi connectivity index (χ1n) is 7.10. The minimum absolute atomic E-state index is 0.217. The molecule has 0 spiro atoms. The maximum Gasteiger partial charge on any atom is 0.219 e. The summed E-state index contributed by atoms with van der Waals surface area (Å²) in [7, 11) is 0. The van der Waals surface area contributed by atoms with Gasteiger partial charge in [-0.2, -0.15) is 0 Å². The normalized spacial score (nSPS) is 18.8. The van der Waals surface area contributed by atoms with Crippen LogP contribution in [0.3, 0.4) is 0 Å². The van der Waals surface area contributed by atoms with E-state index in [1.165, 1.54) is 12.8 Å². The Morgan fingerprint density at radius 2 is 1.83 bits per heavy atom. The fourth-order valence-corrected chi connectivity index (χ4v) is 3.59. The van der Waals surface area contributed by atoms with Crippen molar-refractivity contribution in [2.75, 3.05) is 38.1 Å². The first-order chi connectivity index (χ1) is 8.56. The van der Waals surface area contributed by atoms with Gasteiger partial charge in [-0.05, 0) is 31.2 Å². The van der Waals surface area contributed by atoms with Gasteiger partial charge in [0, 0.05) is 38.4 Å². The Morgan fingerprint density at radius 3 is 2.33 bits per heavy atom. The molecule has 1 saturated heterocycles. The van der Waals surface area contributed by atoms with Gasteiger partial charge in [0.2, 0.25) is 5.91 Å². The number of amides is 1. The zero-order valence-corrected chi connectivity index (χ0v) is 13.6. The van der Waals surface area contributed by atoms with Crippen LogP contribution in [0.1, 0.15) is 40.0 Å². The summed E-state index contributed by atoms with van der Waals surface area (Å²) in [5, 5.41) is 1.07. The molecule has 0 bridgehead atoms. The van der Waals surface area contributed by atoms with Gasteiger partial charge in [0.05, 0.1) is 0 Å². The van der Waals surface area contributed by atoms with E-state index >= 15 is 0 Å². The summed E-state index contributed by atoms with van der Waals surface area (Å²) in [6.07, 6.45) is 3.52. The highest BCUT2D eigenvalue weighted by molar-refractivity contribution is 9.09. The Balaban J connectivity index is 2.55. The summed E-state index contributed by atoms with van der Waals surface area (Å²) < 4.78 is 0. The van der Waals surface area contributed by atoms with Gasteiger partial charge in [-0.25, -0.2) is 0 Å². The summed E-state index contributed by atoms with van der Waals surface area (Å²) in [6.45, 7) is 11.3. The van der Waals surface area contributed by atoms with Crippen molar-refractivity contribution in [2.24, 2.45) is 5.41 Å². The highest BCUT2D eigenvalue weighted by atomic mass is 79.9. The molecule has 0 saturated carbocycles. The predicted octanol–water partition coefficient (Wildman–Crippen LogP) is 2.74. The van der Waals surface area contributed by atoms with Gasteiger partial charge in [0.1, 0.15) is 0 Å². The van der Waals surface area contributed by atoms with E-state index in [1.54, 1.807) is 6.92 Å². The Bertz CT molecular complexity index is 258. The van der Waals surface area contributed by atoms with E-state index in [1.807, 2.05) is 4.90 Å². The van der Waals surface area contributed by atoms with Crippen LogP contribution in [-0.4, -0.2) is 53.8 Å². The van der Waals surface area contributed by atoms with Crippen molar-refractivity contribution in [3.05, 3.63) is 0 Å². The van der Waals surface area contributed by atoms with Crippen LogP contribution in [0.4, 0.5) is 0 Å². The molecule has 1 fully saturated rings. The number of rotatable bonds is 5. The SMILES string of the molecule is CCC(CC)(CBr)CN1CCCN(C(C)=O)CC1. The van der Waals surface area contributed by atoms with Gasteiger partial charge < -0.3 is 9.80 Å². The molecule has 0 unspecified atom stereocenters. The molecule has 3 nitrogen and oxygen atoms in total. The maximum atomic E-state index is 11.4. The molecule has 1 amide bonds. The minimum Gasteiger partial charge on any atom is -0.342 e. The van der Waals surface area contributed by atoms with Crippen molar-refractivity contribution >= 4 is 21.8 Å². The van der Waals surface area contributed by atoms with Gasteiger partial charge >= 0.3 is 0 Å². The second-order valence-electron chi connectivity index (χ2n) is 5.48. The molecule has 1 aliphatic rings. The molecule has 0 aromatic carbocycles. The molecular weight excluding hydrogens is 292 g/mol. The van der Waals surface area contributed by atoms with E-state index in [2.05, 4.69) is 34.7 Å². The molecule has 0 N–H and O–H groups in total. The summed E-state index contributed by atoms with van der Waals surface area (Å²) in [5.74, 6) is 0.217. The zero-order valence-electron chi connectivity index (χ0n) is 12.0. The van der Waals surface area contributed by atoms with Crippen molar-refractivity contribution in [1.29, 1.82) is 0 Å². The molecule has 0 aliphatic carbocycles. The summed E-state index contributed by atoms with van der Waals surface area (Å²) >= 11 is 3.68. The number of hydrogen-bond acceptors (Lipinski definition) is 2. The molecule has 0 radical (unpaired) electrons. The van der Waals surface area contributed by atoms with E-state index < -0.39 is 0 Å². The van der Waals surface area contributed by atoms with Gasteiger partial charge in [-0.3, -0.25) is 4.79 Å². The Morgan fingerprint density at radius 1 is 1.17 bits per heavy atom. The lowest BCUT2D eigenvalue weighted by Crippen LogP contribution is -2.40. The second-order valence-corrected chi connectivity index (χ2v) is 6.04. The smallest absolute Gasteiger partial charge is 0.219 e. The first-order valence-corrected chi connectivity index (χ1v) is 8.23. The van der Waals surface area contributed by atoms with Crippen LogP contribution in [0.15, 0.2) is 0 Å². The summed E-state index contributed by atoms with van der Waals surface area (Å²) in [5.41, 5.74) is 0.394. The van der Waals surface area contributed by atoms with E-state index in [4.69, 9.17) is 0 Å². The lowest BCUT2D eigenvalue weighted by molar-refractivity contribution is -0.128. The van der Waals surface area contributed by atoms with Crippen LogP contribution in [0.2, 0.25) is 0 Å². The summed E-state index contributed by atoms with van der Waals surface area (Å²) in [4.78, 5) is 15.9. The molecule has 0 aromatic rings. The van der Waals surface area contributed by atoms with Crippen LogP contribution in [-0.2, 0) is 4.79 Å². The molecule has 1 heterocycles. The second kappa shape index (κ2) is 7.49. The van der Waals surface area contributed by atoms with Gasteiger partial charge in [-0.15, -0.1) is 0 Å². The minimum atomic E-state index is 0.217. The van der Waals surface area contributed by atoms with E-state index in [-0.39, 0.29) is 5.91 Å². The van der Waals surface area contributed by atoms with Crippen LogP contribution >= 0.6 is 15.9 Å². The lowest BCUT2D eigenvalue weighted by Gasteiger charge is -2.35. The third kappa shape index (κ3) is 4.23. The number of halogens is 1. The monoisotopic (exact) mass is 318 g/mol. The van der Waals surface area contributed by atoms with Gasteiger partial charge in [0.15, 0.2) is 0 Å². The van der Waals surface area contributed by atoms with Gasteiger partial charge in [-0.1, -0.05) is 29.8 Å². The number of nitrogens with zero attached hydrogens (tertiary/aromatic N) is 2. The summed E-state index contributed by atoms with van der Waals surface area (Å²) in [6, 6.07) is 0. The third-order valence-electron chi connectivity index (χ3n) is 4.38. The van der Waals surface area contributed by atoms with Crippen LogP contribution in [0, 0.1) is 5.41 Å². The molecule has 106 valence electrons. The van der Waals surface area contributed by atoms with Crippen molar-refractivity contribution in [1.82, 2.24) is 9.80 Å². The van der Waals surface area contributed by atoms with E-state index in [0.717, 1.165) is 44.5 Å². The topological polar surface area (TPSA) is 23.6 Å². The Labute approximate surface area is 120 Å². The van der Waals surface area contributed by atoms with Crippen molar-refractivity contribution in [3.63, 3.8) is 0 Å². The standard InChI is InChI=1S/C14H27BrN2O/c1-4-14(5-2,11-15)12-16-7-6-8-17(10-9-16)13(3)18/h4-12H2,1-3H3. The van der Waals surface area contributed by atoms with Gasteiger partial charge in [0.25, 0.3) is 0 Å². The Kier molecular flexibility index (Phi) is 6.64. The van der Waals surface area contributed by atoms with Crippen LogP contribution < -0.4 is 0 Å². The highest BCUT2D eigenvalue weighted by Gasteiger charge is 2.28. The quantitative estimate of drug-likeness (QED) is 0.728. The average molecular weight is 319 g/mol. The molecule has 4 heteroatoms. The van der Waals surface area contributed by atoms with Crippen molar-refractivity contribution < 1.29 is 4.79 Å². The molecule has 0 atom stereocenters. The molecule has 1 rings (SSSR count). The molecule has 18 heavy (non-hydrogen) atoms. The number of alkyl halides is 1. The van der Waals surface area contributed by atoms with E-state index in [0.29, 0.717) is 5.41 Å². The number of carbonyl (C=O) groups excluding carboxylic acids is 1. The number of carbonyl (C=O) groups is 1. The lowest BCUT2D eigenvalue weighted by atomic mass is 9.84. The fourth-order valence-electron chi connectivity index (χ4n) is 2.62. The highest BCUT2D eigenvalue weighted by Crippen LogP contribution is 2.30. The van der Waals surface area contributed by atoms with Crippen LogP contribution in [0.25, 0.3) is 0 Å². The predicted molar refractivity (Wildman–Crippen MR) is 80.1 cm³/mol.